The van der Waals surface area contributed by atoms with Crippen molar-refractivity contribution < 1.29 is 14.3 Å². The lowest BCUT2D eigenvalue weighted by atomic mass is 9.92. The second-order valence-electron chi connectivity index (χ2n) is 10.2. The van der Waals surface area contributed by atoms with Gasteiger partial charge in [0.25, 0.3) is 0 Å². The topological polar surface area (TPSA) is 115 Å². The van der Waals surface area contributed by atoms with Crippen LogP contribution >= 0.6 is 11.6 Å². The van der Waals surface area contributed by atoms with E-state index in [-0.39, 0.29) is 12.1 Å². The number of nitrogens with one attached hydrogen (secondary N) is 1. The molecule has 0 spiro atoms. The summed E-state index contributed by atoms with van der Waals surface area (Å²) < 4.78 is 13.7. The van der Waals surface area contributed by atoms with Crippen LogP contribution in [0.4, 0.5) is 16.2 Å². The number of benzene rings is 2. The van der Waals surface area contributed by atoms with Crippen LogP contribution in [0.2, 0.25) is 5.02 Å². The van der Waals surface area contributed by atoms with E-state index in [0.717, 1.165) is 54.3 Å². The molecule has 198 valence electrons. The number of anilines is 2. The summed E-state index contributed by atoms with van der Waals surface area (Å²) >= 11 is 6.80. The standard InChI is InChI=1S/C30H28ClN5O3/c1-17(18-7-8-18)38-30(37)35-19-9-11-23(25(31)14-19)28-24(16-32)22-12-10-21(39-29-26(33)6-3-13-34-29)15-27(22)36(28)20-4-2-5-20/h3,6,9-15,17-18,20H,2,4-5,7-8,33H2,1H3,(H,35,37)/t17-/m1/s1. The first-order valence-electron chi connectivity index (χ1n) is 13.2. The number of nitrogen functional groups attached to an aromatic ring is 1. The zero-order valence-corrected chi connectivity index (χ0v) is 22.2. The number of pyridine rings is 1. The first-order valence-corrected chi connectivity index (χ1v) is 13.5. The molecule has 39 heavy (non-hydrogen) atoms. The number of amides is 1. The quantitative estimate of drug-likeness (QED) is 0.248. The number of nitrogens with zero attached hydrogens (tertiary/aromatic N) is 3. The van der Waals surface area contributed by atoms with Gasteiger partial charge in [-0.1, -0.05) is 11.6 Å². The Morgan fingerprint density at radius 3 is 2.69 bits per heavy atom. The van der Waals surface area contributed by atoms with Crippen molar-refractivity contribution >= 4 is 40.0 Å². The first-order chi connectivity index (χ1) is 18.9. The molecule has 2 aliphatic carbocycles. The second-order valence-corrected chi connectivity index (χ2v) is 10.6. The molecule has 0 unspecified atom stereocenters. The number of carbonyl (C=O) groups is 1. The molecule has 8 nitrogen and oxygen atoms in total. The van der Waals surface area contributed by atoms with Gasteiger partial charge in [0.15, 0.2) is 0 Å². The smallest absolute Gasteiger partial charge is 0.411 e. The van der Waals surface area contributed by atoms with Gasteiger partial charge in [-0.2, -0.15) is 5.26 Å². The van der Waals surface area contributed by atoms with Crippen molar-refractivity contribution in [3.8, 4) is 29.0 Å². The van der Waals surface area contributed by atoms with Gasteiger partial charge in [-0.25, -0.2) is 9.78 Å². The van der Waals surface area contributed by atoms with E-state index >= 15 is 0 Å². The minimum Gasteiger partial charge on any atom is -0.446 e. The maximum absolute atomic E-state index is 12.4. The molecule has 2 heterocycles. The molecule has 2 aliphatic rings. The van der Waals surface area contributed by atoms with Gasteiger partial charge in [-0.15, -0.1) is 0 Å². The van der Waals surface area contributed by atoms with Crippen LogP contribution in [0.3, 0.4) is 0 Å². The van der Waals surface area contributed by atoms with E-state index in [9.17, 15) is 10.1 Å². The molecule has 0 saturated heterocycles. The van der Waals surface area contributed by atoms with Crippen LogP contribution in [0.25, 0.3) is 22.2 Å². The van der Waals surface area contributed by atoms with Gasteiger partial charge in [-0.3, -0.25) is 5.32 Å². The van der Waals surface area contributed by atoms with Gasteiger partial charge in [0.05, 0.1) is 27.5 Å². The molecular weight excluding hydrogens is 514 g/mol. The predicted molar refractivity (Wildman–Crippen MR) is 151 cm³/mol. The van der Waals surface area contributed by atoms with Crippen molar-refractivity contribution in [2.24, 2.45) is 5.92 Å². The van der Waals surface area contributed by atoms with E-state index in [0.29, 0.717) is 39.5 Å². The zero-order valence-electron chi connectivity index (χ0n) is 21.5. The molecule has 2 aromatic carbocycles. The summed E-state index contributed by atoms with van der Waals surface area (Å²) in [6, 6.07) is 17.1. The summed E-state index contributed by atoms with van der Waals surface area (Å²) in [6.07, 6.45) is 6.32. The third kappa shape index (κ3) is 4.86. The monoisotopic (exact) mass is 541 g/mol. The van der Waals surface area contributed by atoms with Crippen LogP contribution < -0.4 is 15.8 Å². The van der Waals surface area contributed by atoms with Gasteiger partial charge >= 0.3 is 6.09 Å². The molecule has 0 radical (unpaired) electrons. The Bertz CT molecular complexity index is 1620. The molecule has 2 fully saturated rings. The van der Waals surface area contributed by atoms with Crippen LogP contribution in [0.5, 0.6) is 11.6 Å². The summed E-state index contributed by atoms with van der Waals surface area (Å²) in [5.74, 6) is 1.36. The van der Waals surface area contributed by atoms with E-state index in [4.69, 9.17) is 26.8 Å². The first kappa shape index (κ1) is 25.1. The van der Waals surface area contributed by atoms with Gasteiger partial charge in [-0.05, 0) is 87.4 Å². The number of rotatable bonds is 7. The lowest BCUT2D eigenvalue weighted by Gasteiger charge is -2.30. The molecule has 3 N–H and O–H groups in total. The molecule has 1 amide bonds. The Hall–Kier alpha value is -4.22. The third-order valence-electron chi connectivity index (χ3n) is 7.59. The highest BCUT2D eigenvalue weighted by Crippen LogP contribution is 2.45. The minimum absolute atomic E-state index is 0.112. The molecular formula is C30H28ClN5O3. The minimum atomic E-state index is -0.499. The number of nitrogens with two attached hydrogens (primary N) is 1. The summed E-state index contributed by atoms with van der Waals surface area (Å²) in [4.78, 5) is 16.6. The Morgan fingerprint density at radius 1 is 1.21 bits per heavy atom. The Balaban J connectivity index is 1.38. The molecule has 0 aliphatic heterocycles. The predicted octanol–water partition coefficient (Wildman–Crippen LogP) is 7.67. The highest BCUT2D eigenvalue weighted by Gasteiger charge is 2.31. The maximum Gasteiger partial charge on any atom is 0.411 e. The van der Waals surface area contributed by atoms with Crippen LogP contribution in [-0.2, 0) is 4.74 Å². The van der Waals surface area contributed by atoms with Gasteiger partial charge < -0.3 is 19.8 Å². The van der Waals surface area contributed by atoms with Crippen LogP contribution in [0.15, 0.2) is 54.7 Å². The fraction of sp³-hybridized carbons (Fsp3) is 0.300. The van der Waals surface area contributed by atoms with Crippen molar-refractivity contribution in [1.29, 1.82) is 5.26 Å². The highest BCUT2D eigenvalue weighted by molar-refractivity contribution is 6.33. The SMILES string of the molecule is C[C@@H](OC(=O)Nc1ccc(-c2c(C#N)c3ccc(Oc4ncccc4N)cc3n2C2CCC2)c(Cl)c1)C1CC1. The lowest BCUT2D eigenvalue weighted by Crippen LogP contribution is -2.21. The van der Waals surface area contributed by atoms with E-state index in [1.165, 1.54) is 0 Å². The number of ether oxygens (including phenoxy) is 2. The van der Waals surface area contributed by atoms with Gasteiger partial charge in [0.1, 0.15) is 17.9 Å². The van der Waals surface area contributed by atoms with Crippen molar-refractivity contribution in [2.45, 2.75) is 51.2 Å². The molecule has 4 aromatic rings. The molecule has 1 atom stereocenters. The zero-order chi connectivity index (χ0) is 27.1. The highest BCUT2D eigenvalue weighted by atomic mass is 35.5. The fourth-order valence-corrected chi connectivity index (χ4v) is 5.39. The van der Waals surface area contributed by atoms with E-state index in [2.05, 4.69) is 20.9 Å². The van der Waals surface area contributed by atoms with Crippen LogP contribution in [0.1, 0.15) is 50.6 Å². The van der Waals surface area contributed by atoms with Gasteiger partial charge in [0, 0.05) is 34.9 Å². The second kappa shape index (κ2) is 10.2. The number of fused-ring (bicyclic) bond motifs is 1. The van der Waals surface area contributed by atoms with Crippen molar-refractivity contribution in [2.75, 3.05) is 11.1 Å². The largest absolute Gasteiger partial charge is 0.446 e. The number of nitriles is 1. The molecule has 9 heteroatoms. The van der Waals surface area contributed by atoms with Gasteiger partial charge in [0.2, 0.25) is 5.88 Å². The Labute approximate surface area is 231 Å². The van der Waals surface area contributed by atoms with E-state index in [1.807, 2.05) is 31.2 Å². The van der Waals surface area contributed by atoms with Crippen LogP contribution in [0, 0.1) is 17.2 Å². The maximum atomic E-state index is 12.4. The summed E-state index contributed by atoms with van der Waals surface area (Å²) in [7, 11) is 0. The summed E-state index contributed by atoms with van der Waals surface area (Å²) in [5, 5.41) is 14.3. The lowest BCUT2D eigenvalue weighted by molar-refractivity contribution is 0.108. The van der Waals surface area contributed by atoms with Crippen molar-refractivity contribution in [3.05, 3.63) is 65.3 Å². The number of carbonyl (C=O) groups excluding carboxylic acids is 1. The molecule has 0 bridgehead atoms. The number of halogens is 1. The van der Waals surface area contributed by atoms with Crippen LogP contribution in [-0.4, -0.2) is 21.7 Å². The summed E-state index contributed by atoms with van der Waals surface area (Å²) in [5.41, 5.74) is 9.91. The number of hydrogen-bond acceptors (Lipinski definition) is 6. The molecule has 6 rings (SSSR count). The fourth-order valence-electron chi connectivity index (χ4n) is 5.12. The average molecular weight is 542 g/mol. The average Bonchev–Trinajstić information content (AvgIpc) is 3.69. The van der Waals surface area contributed by atoms with E-state index in [1.54, 1.807) is 30.5 Å². The van der Waals surface area contributed by atoms with Crippen molar-refractivity contribution in [1.82, 2.24) is 9.55 Å². The summed E-state index contributed by atoms with van der Waals surface area (Å²) in [6.45, 7) is 1.91. The third-order valence-corrected chi connectivity index (χ3v) is 7.90. The number of hydrogen-bond donors (Lipinski definition) is 2. The Morgan fingerprint density at radius 2 is 2.03 bits per heavy atom. The Kier molecular flexibility index (Phi) is 6.53. The number of aromatic nitrogens is 2. The van der Waals surface area contributed by atoms with Crippen molar-refractivity contribution in [3.63, 3.8) is 0 Å². The van der Waals surface area contributed by atoms with E-state index < -0.39 is 6.09 Å². The molecule has 2 saturated carbocycles. The molecule has 2 aromatic heterocycles. The normalized spacial score (nSPS) is 15.8.